The van der Waals surface area contributed by atoms with E-state index in [9.17, 15) is 9.59 Å². The summed E-state index contributed by atoms with van der Waals surface area (Å²) in [6, 6.07) is 6.78. The van der Waals surface area contributed by atoms with Gasteiger partial charge in [0.1, 0.15) is 6.04 Å². The van der Waals surface area contributed by atoms with Gasteiger partial charge in [-0.15, -0.1) is 0 Å². The molecule has 0 fully saturated rings. The van der Waals surface area contributed by atoms with Crippen molar-refractivity contribution in [1.82, 2.24) is 14.5 Å². The highest BCUT2D eigenvalue weighted by molar-refractivity contribution is 7.98. The number of hydrogen-bond acceptors (Lipinski definition) is 4. The van der Waals surface area contributed by atoms with Gasteiger partial charge in [0.25, 0.3) is 5.91 Å². The van der Waals surface area contributed by atoms with Crippen LogP contribution in [0.25, 0.3) is 0 Å². The van der Waals surface area contributed by atoms with Crippen LogP contribution < -0.4 is 5.32 Å². The number of aryl methyl sites for hydroxylation is 1. The molecule has 25 heavy (non-hydrogen) atoms. The molecule has 0 spiro atoms. The number of carbonyl (C=O) groups excluding carboxylic acids is 2. The summed E-state index contributed by atoms with van der Waals surface area (Å²) in [5, 5.41) is 2.92. The molecular formula is C18H22N4O2S. The number of aromatic nitrogens is 2. The third kappa shape index (κ3) is 4.04. The molecule has 0 saturated heterocycles. The van der Waals surface area contributed by atoms with E-state index in [4.69, 9.17) is 0 Å². The van der Waals surface area contributed by atoms with E-state index in [0.29, 0.717) is 24.2 Å². The maximum atomic E-state index is 13.1. The average Bonchev–Trinajstić information content (AvgIpc) is 3.10. The Bertz CT molecular complexity index is 732. The molecular weight excluding hydrogens is 336 g/mol. The molecule has 6 nitrogen and oxygen atoms in total. The number of fused-ring (bicyclic) bond motifs is 1. The highest BCUT2D eigenvalue weighted by atomic mass is 32.2. The van der Waals surface area contributed by atoms with E-state index >= 15 is 0 Å². The second kappa shape index (κ2) is 8.20. The summed E-state index contributed by atoms with van der Waals surface area (Å²) < 4.78 is 1.98. The van der Waals surface area contributed by atoms with Gasteiger partial charge in [-0.3, -0.25) is 9.59 Å². The van der Waals surface area contributed by atoms with E-state index in [0.717, 1.165) is 18.7 Å². The highest BCUT2D eigenvalue weighted by Gasteiger charge is 2.34. The lowest BCUT2D eigenvalue weighted by Gasteiger charge is -2.28. The van der Waals surface area contributed by atoms with Gasteiger partial charge in [-0.1, -0.05) is 12.1 Å². The van der Waals surface area contributed by atoms with Gasteiger partial charge < -0.3 is 14.8 Å². The van der Waals surface area contributed by atoms with Gasteiger partial charge in [-0.2, -0.15) is 11.8 Å². The fourth-order valence-corrected chi connectivity index (χ4v) is 3.51. The quantitative estimate of drug-likeness (QED) is 0.826. The van der Waals surface area contributed by atoms with Gasteiger partial charge in [0.2, 0.25) is 5.91 Å². The van der Waals surface area contributed by atoms with Gasteiger partial charge in [0, 0.05) is 25.5 Å². The van der Waals surface area contributed by atoms with Crippen LogP contribution in [0.4, 0.5) is 5.69 Å². The van der Waals surface area contributed by atoms with Gasteiger partial charge in [-0.25, -0.2) is 4.98 Å². The molecule has 0 radical (unpaired) electrons. The fourth-order valence-electron chi connectivity index (χ4n) is 3.05. The zero-order valence-electron chi connectivity index (χ0n) is 14.2. The van der Waals surface area contributed by atoms with Crippen molar-refractivity contribution in [2.45, 2.75) is 25.4 Å². The summed E-state index contributed by atoms with van der Waals surface area (Å²) in [7, 11) is 0. The van der Waals surface area contributed by atoms with Crippen LogP contribution in [0.5, 0.6) is 0 Å². The van der Waals surface area contributed by atoms with Crippen molar-refractivity contribution in [3.63, 3.8) is 0 Å². The van der Waals surface area contributed by atoms with Crippen LogP contribution in [0.1, 0.15) is 23.2 Å². The van der Waals surface area contributed by atoms with Crippen molar-refractivity contribution in [3.8, 4) is 0 Å². The standard InChI is InChI=1S/C18H22N4O2S/c1-25-12-7-16-17(23)20-15-6-3-2-5-14(15)18(24)22(16)10-4-9-21-11-8-19-13-21/h2-3,5-6,8,11,13,16H,4,7,9-10,12H2,1H3,(H,20,23). The number of hydrogen-bond donors (Lipinski definition) is 1. The predicted molar refractivity (Wildman–Crippen MR) is 99.7 cm³/mol. The number of para-hydroxylation sites is 1. The highest BCUT2D eigenvalue weighted by Crippen LogP contribution is 2.25. The SMILES string of the molecule is CSCCC1C(=O)Nc2ccccc2C(=O)N1CCCn1ccnc1. The number of rotatable bonds is 7. The molecule has 0 bridgehead atoms. The number of amides is 2. The maximum absolute atomic E-state index is 13.1. The Morgan fingerprint density at radius 2 is 2.08 bits per heavy atom. The van der Waals surface area contributed by atoms with Crippen LogP contribution in [0.2, 0.25) is 0 Å². The Labute approximate surface area is 151 Å². The van der Waals surface area contributed by atoms with Gasteiger partial charge in [0.05, 0.1) is 17.6 Å². The number of carbonyl (C=O) groups is 2. The summed E-state index contributed by atoms with van der Waals surface area (Å²) in [5.74, 6) is 0.653. The monoisotopic (exact) mass is 358 g/mol. The molecule has 132 valence electrons. The molecule has 1 aliphatic rings. The lowest BCUT2D eigenvalue weighted by molar-refractivity contribution is -0.120. The van der Waals surface area contributed by atoms with Crippen molar-refractivity contribution in [2.75, 3.05) is 23.9 Å². The Morgan fingerprint density at radius 1 is 1.24 bits per heavy atom. The van der Waals surface area contributed by atoms with Crippen molar-refractivity contribution >= 4 is 29.3 Å². The van der Waals surface area contributed by atoms with E-state index < -0.39 is 6.04 Å². The first-order chi connectivity index (χ1) is 12.2. The topological polar surface area (TPSA) is 67.2 Å². The summed E-state index contributed by atoms with van der Waals surface area (Å²) in [5.41, 5.74) is 1.16. The lowest BCUT2D eigenvalue weighted by atomic mass is 10.1. The molecule has 2 heterocycles. The molecule has 1 aliphatic heterocycles. The van der Waals surface area contributed by atoms with Crippen LogP contribution in [0, 0.1) is 0 Å². The normalized spacial score (nSPS) is 17.2. The first-order valence-corrected chi connectivity index (χ1v) is 9.75. The number of nitrogens with zero attached hydrogens (tertiary/aromatic N) is 3. The van der Waals surface area contributed by atoms with Crippen LogP contribution in [0.15, 0.2) is 43.0 Å². The van der Waals surface area contributed by atoms with Gasteiger partial charge >= 0.3 is 0 Å². The molecule has 1 aromatic carbocycles. The first kappa shape index (κ1) is 17.5. The van der Waals surface area contributed by atoms with Crippen molar-refractivity contribution in [1.29, 1.82) is 0 Å². The number of anilines is 1. The number of imidazole rings is 1. The molecule has 1 N–H and O–H groups in total. The smallest absolute Gasteiger partial charge is 0.256 e. The molecule has 1 atom stereocenters. The maximum Gasteiger partial charge on any atom is 0.256 e. The van der Waals surface area contributed by atoms with Crippen LogP contribution >= 0.6 is 11.8 Å². The number of thioether (sulfide) groups is 1. The Morgan fingerprint density at radius 3 is 2.84 bits per heavy atom. The lowest BCUT2D eigenvalue weighted by Crippen LogP contribution is -2.46. The minimum Gasteiger partial charge on any atom is -0.337 e. The molecule has 0 aliphatic carbocycles. The second-order valence-corrected chi connectivity index (χ2v) is 6.97. The number of benzene rings is 1. The second-order valence-electron chi connectivity index (χ2n) is 5.98. The molecule has 2 aromatic rings. The van der Waals surface area contributed by atoms with E-state index in [1.165, 1.54) is 0 Å². The minimum atomic E-state index is -0.435. The van der Waals surface area contributed by atoms with E-state index in [-0.39, 0.29) is 11.8 Å². The van der Waals surface area contributed by atoms with Crippen molar-refractivity contribution < 1.29 is 9.59 Å². The zero-order valence-corrected chi connectivity index (χ0v) is 15.0. The van der Waals surface area contributed by atoms with E-state index in [1.807, 2.05) is 29.2 Å². The summed E-state index contributed by atoms with van der Waals surface area (Å²) >= 11 is 1.68. The van der Waals surface area contributed by atoms with Gasteiger partial charge in [-0.05, 0) is 37.0 Å². The predicted octanol–water partition coefficient (Wildman–Crippen LogP) is 2.49. The summed E-state index contributed by atoms with van der Waals surface area (Å²) in [6.45, 7) is 1.31. The van der Waals surface area contributed by atoms with Crippen LogP contribution in [-0.4, -0.2) is 50.9 Å². The molecule has 7 heteroatoms. The van der Waals surface area contributed by atoms with E-state index in [1.54, 1.807) is 41.3 Å². The molecule has 3 rings (SSSR count). The van der Waals surface area contributed by atoms with Crippen LogP contribution in [0.3, 0.4) is 0 Å². The molecule has 1 aromatic heterocycles. The molecule has 1 unspecified atom stereocenters. The Hall–Kier alpha value is -2.28. The molecule has 0 saturated carbocycles. The third-order valence-electron chi connectivity index (χ3n) is 4.33. The fraction of sp³-hybridized carbons (Fsp3) is 0.389. The van der Waals surface area contributed by atoms with Crippen molar-refractivity contribution in [3.05, 3.63) is 48.5 Å². The summed E-state index contributed by atoms with van der Waals surface area (Å²) in [6.07, 6.45) is 8.83. The van der Waals surface area contributed by atoms with E-state index in [2.05, 4.69) is 10.3 Å². The summed E-state index contributed by atoms with van der Waals surface area (Å²) in [4.78, 5) is 31.5. The van der Waals surface area contributed by atoms with Gasteiger partial charge in [0.15, 0.2) is 0 Å². The average molecular weight is 358 g/mol. The minimum absolute atomic E-state index is 0.0781. The zero-order chi connectivity index (χ0) is 17.6. The Kier molecular flexibility index (Phi) is 5.75. The first-order valence-electron chi connectivity index (χ1n) is 8.36. The third-order valence-corrected chi connectivity index (χ3v) is 4.97. The largest absolute Gasteiger partial charge is 0.337 e. The Balaban J connectivity index is 1.80. The van der Waals surface area contributed by atoms with Crippen LogP contribution in [-0.2, 0) is 11.3 Å². The number of nitrogens with one attached hydrogen (secondary N) is 1. The molecule has 2 amide bonds. The van der Waals surface area contributed by atoms with Crippen molar-refractivity contribution in [2.24, 2.45) is 0 Å².